The van der Waals surface area contributed by atoms with Crippen LogP contribution in [0.5, 0.6) is 0 Å². The summed E-state index contributed by atoms with van der Waals surface area (Å²) in [5, 5.41) is 9.09. The molecule has 1 atom stereocenters. The van der Waals surface area contributed by atoms with Gasteiger partial charge in [0.2, 0.25) is 0 Å². The monoisotopic (exact) mass is 235 g/mol. The molecule has 0 aromatic heterocycles. The molecule has 94 valence electrons. The molecule has 3 nitrogen and oxygen atoms in total. The Morgan fingerprint density at radius 2 is 2.19 bits per heavy atom. The van der Waals surface area contributed by atoms with Crippen LogP contribution in [0.1, 0.15) is 26.7 Å². The van der Waals surface area contributed by atoms with Gasteiger partial charge in [-0.2, -0.15) is 0 Å². The fourth-order valence-corrected chi connectivity index (χ4v) is 2.18. The zero-order valence-corrected chi connectivity index (χ0v) is 9.75. The first-order valence-corrected chi connectivity index (χ1v) is 5.58. The van der Waals surface area contributed by atoms with E-state index in [0.717, 1.165) is 12.8 Å². The Morgan fingerprint density at radius 1 is 1.56 bits per heavy atom. The molecular weight excluding hydrogens is 216 g/mol. The van der Waals surface area contributed by atoms with Crippen molar-refractivity contribution in [1.82, 2.24) is 4.90 Å². The highest BCUT2D eigenvalue weighted by Gasteiger charge is 2.39. The van der Waals surface area contributed by atoms with E-state index < -0.39 is 17.8 Å². The van der Waals surface area contributed by atoms with E-state index in [2.05, 4.69) is 0 Å². The number of aliphatic carboxylic acids is 1. The average Bonchev–Trinajstić information content (AvgIpc) is 2.16. The van der Waals surface area contributed by atoms with Gasteiger partial charge in [-0.15, -0.1) is 0 Å². The third-order valence-electron chi connectivity index (χ3n) is 3.47. The van der Waals surface area contributed by atoms with Crippen LogP contribution in [0, 0.1) is 11.3 Å². The summed E-state index contributed by atoms with van der Waals surface area (Å²) in [4.78, 5) is 12.8. The van der Waals surface area contributed by atoms with E-state index in [0.29, 0.717) is 13.1 Å². The smallest absolute Gasteiger partial charge is 0.309 e. The molecule has 1 saturated heterocycles. The van der Waals surface area contributed by atoms with E-state index in [1.165, 1.54) is 0 Å². The molecule has 0 bridgehead atoms. The van der Waals surface area contributed by atoms with Crippen molar-refractivity contribution in [3.8, 4) is 0 Å². The van der Waals surface area contributed by atoms with Crippen LogP contribution in [0.4, 0.5) is 8.78 Å². The zero-order chi connectivity index (χ0) is 12.3. The molecule has 1 N–H and O–H groups in total. The van der Waals surface area contributed by atoms with Gasteiger partial charge in [0, 0.05) is 6.54 Å². The largest absolute Gasteiger partial charge is 0.481 e. The van der Waals surface area contributed by atoms with Crippen molar-refractivity contribution in [2.24, 2.45) is 11.3 Å². The molecular formula is C11H19F2NO2. The van der Waals surface area contributed by atoms with Crippen LogP contribution in [0.15, 0.2) is 0 Å². The first kappa shape index (κ1) is 13.4. The van der Waals surface area contributed by atoms with Gasteiger partial charge in [-0.1, -0.05) is 0 Å². The fraction of sp³-hybridized carbons (Fsp3) is 0.909. The second-order valence-corrected chi connectivity index (χ2v) is 5.02. The molecule has 0 aromatic carbocycles. The molecule has 16 heavy (non-hydrogen) atoms. The van der Waals surface area contributed by atoms with Gasteiger partial charge in [-0.3, -0.25) is 9.69 Å². The Labute approximate surface area is 94.4 Å². The van der Waals surface area contributed by atoms with Crippen LogP contribution < -0.4 is 0 Å². The third-order valence-corrected chi connectivity index (χ3v) is 3.47. The number of nitrogens with zero attached hydrogens (tertiary/aromatic N) is 1. The maximum atomic E-state index is 12.2. The molecule has 5 heteroatoms. The number of piperidine rings is 1. The Bertz CT molecular complexity index is 256. The number of carbonyl (C=O) groups is 1. The second-order valence-electron chi connectivity index (χ2n) is 5.02. The summed E-state index contributed by atoms with van der Waals surface area (Å²) < 4.78 is 24.5. The number of rotatable bonds is 4. The summed E-state index contributed by atoms with van der Waals surface area (Å²) in [6, 6.07) is 0. The van der Waals surface area contributed by atoms with Gasteiger partial charge in [-0.05, 0) is 39.2 Å². The summed E-state index contributed by atoms with van der Waals surface area (Å²) in [6.07, 6.45) is -0.737. The van der Waals surface area contributed by atoms with Crippen LogP contribution in [0.3, 0.4) is 0 Å². The number of halogens is 2. The first-order valence-electron chi connectivity index (χ1n) is 5.58. The molecule has 1 unspecified atom stereocenters. The van der Waals surface area contributed by atoms with Crippen LogP contribution in [-0.4, -0.2) is 42.0 Å². The van der Waals surface area contributed by atoms with Gasteiger partial charge >= 0.3 is 5.97 Å². The lowest BCUT2D eigenvalue weighted by Gasteiger charge is -2.39. The van der Waals surface area contributed by atoms with E-state index in [-0.39, 0.29) is 12.5 Å². The van der Waals surface area contributed by atoms with Crippen LogP contribution in [0.2, 0.25) is 0 Å². The maximum Gasteiger partial charge on any atom is 0.309 e. The summed E-state index contributed by atoms with van der Waals surface area (Å²) >= 11 is 0. The number of hydrogen-bond acceptors (Lipinski definition) is 2. The molecule has 1 rings (SSSR count). The van der Waals surface area contributed by atoms with E-state index in [9.17, 15) is 13.6 Å². The minimum absolute atomic E-state index is 0.0440. The molecule has 0 radical (unpaired) electrons. The highest BCUT2D eigenvalue weighted by atomic mass is 19.3. The van der Waals surface area contributed by atoms with Crippen molar-refractivity contribution in [3.63, 3.8) is 0 Å². The summed E-state index contributed by atoms with van der Waals surface area (Å²) in [5.74, 6) is -0.895. The molecule has 0 aromatic rings. The molecule has 1 aliphatic heterocycles. The Hall–Kier alpha value is -0.710. The molecule has 0 spiro atoms. The van der Waals surface area contributed by atoms with Crippen molar-refractivity contribution in [1.29, 1.82) is 0 Å². The standard InChI is InChI=1S/C11H19F2NO2/c1-11(2,10(15)16)8-4-3-5-14(6-8)7-9(12)13/h8-9H,3-7H2,1-2H3,(H,15,16). The van der Waals surface area contributed by atoms with E-state index in [1.807, 2.05) is 0 Å². The van der Waals surface area contributed by atoms with Crippen LogP contribution in [-0.2, 0) is 4.79 Å². The van der Waals surface area contributed by atoms with Crippen molar-refractivity contribution in [2.45, 2.75) is 33.1 Å². The van der Waals surface area contributed by atoms with Gasteiger partial charge < -0.3 is 5.11 Å². The topological polar surface area (TPSA) is 40.5 Å². The van der Waals surface area contributed by atoms with Crippen molar-refractivity contribution >= 4 is 5.97 Å². The lowest BCUT2D eigenvalue weighted by atomic mass is 9.74. The third kappa shape index (κ3) is 3.14. The predicted molar refractivity (Wildman–Crippen MR) is 56.6 cm³/mol. The molecule has 1 heterocycles. The Balaban J connectivity index is 2.59. The highest BCUT2D eigenvalue weighted by Crippen LogP contribution is 2.34. The summed E-state index contributed by atoms with van der Waals surface area (Å²) in [6.45, 7) is 4.21. The number of hydrogen-bond donors (Lipinski definition) is 1. The summed E-state index contributed by atoms with van der Waals surface area (Å²) in [7, 11) is 0. The number of carboxylic acids is 1. The van der Waals surface area contributed by atoms with Crippen LogP contribution in [0.25, 0.3) is 0 Å². The van der Waals surface area contributed by atoms with Gasteiger partial charge in [0.1, 0.15) is 0 Å². The number of alkyl halides is 2. The number of carboxylic acid groups (broad SMARTS) is 1. The lowest BCUT2D eigenvalue weighted by Crippen LogP contribution is -2.45. The zero-order valence-electron chi connectivity index (χ0n) is 9.75. The quantitative estimate of drug-likeness (QED) is 0.811. The molecule has 0 saturated carbocycles. The predicted octanol–water partition coefficient (Wildman–Crippen LogP) is 2.07. The van der Waals surface area contributed by atoms with Crippen LogP contribution >= 0.6 is 0 Å². The minimum Gasteiger partial charge on any atom is -0.481 e. The first-order chi connectivity index (χ1) is 7.34. The van der Waals surface area contributed by atoms with Crippen molar-refractivity contribution in [2.75, 3.05) is 19.6 Å². The van der Waals surface area contributed by atoms with E-state index in [1.54, 1.807) is 18.7 Å². The molecule has 0 aliphatic carbocycles. The summed E-state index contributed by atoms with van der Waals surface area (Å²) in [5.41, 5.74) is -0.833. The Kier molecular flexibility index (Phi) is 4.24. The lowest BCUT2D eigenvalue weighted by molar-refractivity contribution is -0.151. The fourth-order valence-electron chi connectivity index (χ4n) is 2.18. The maximum absolute atomic E-state index is 12.2. The van der Waals surface area contributed by atoms with Gasteiger partial charge in [0.15, 0.2) is 0 Å². The SMILES string of the molecule is CC(C)(C(=O)O)C1CCCN(CC(F)F)C1. The minimum atomic E-state index is -2.34. The van der Waals surface area contributed by atoms with Gasteiger partial charge in [-0.25, -0.2) is 8.78 Å². The van der Waals surface area contributed by atoms with Crippen molar-refractivity contribution in [3.05, 3.63) is 0 Å². The van der Waals surface area contributed by atoms with E-state index in [4.69, 9.17) is 5.11 Å². The van der Waals surface area contributed by atoms with Gasteiger partial charge in [0.25, 0.3) is 6.43 Å². The van der Waals surface area contributed by atoms with Crippen molar-refractivity contribution < 1.29 is 18.7 Å². The second kappa shape index (κ2) is 5.08. The molecule has 1 aliphatic rings. The molecule has 0 amide bonds. The van der Waals surface area contributed by atoms with Gasteiger partial charge in [0.05, 0.1) is 12.0 Å². The normalized spacial score (nSPS) is 23.7. The Morgan fingerprint density at radius 3 is 2.69 bits per heavy atom. The number of likely N-dealkylation sites (tertiary alicyclic amines) is 1. The average molecular weight is 235 g/mol. The van der Waals surface area contributed by atoms with E-state index >= 15 is 0 Å². The highest BCUT2D eigenvalue weighted by molar-refractivity contribution is 5.74. The molecule has 1 fully saturated rings.